The van der Waals surface area contributed by atoms with Gasteiger partial charge in [-0.15, -0.1) is 0 Å². The summed E-state index contributed by atoms with van der Waals surface area (Å²) in [6.45, 7) is 6.24. The fourth-order valence-corrected chi connectivity index (χ4v) is 1.89. The van der Waals surface area contributed by atoms with Gasteiger partial charge >= 0.3 is 0 Å². The van der Waals surface area contributed by atoms with Gasteiger partial charge < -0.3 is 5.32 Å². The van der Waals surface area contributed by atoms with Gasteiger partial charge in [0, 0.05) is 23.3 Å². The Labute approximate surface area is 93.5 Å². The molecule has 0 aromatic carbocycles. The summed E-state index contributed by atoms with van der Waals surface area (Å²) in [6, 6.07) is 0.403. The lowest BCUT2D eigenvalue weighted by molar-refractivity contribution is 0.703. The average Bonchev–Trinajstić information content (AvgIpc) is 2.07. The third kappa shape index (κ3) is 3.62. The van der Waals surface area contributed by atoms with E-state index < -0.39 is 0 Å². The maximum atomic E-state index is 4.24. The molecule has 0 saturated carbocycles. The fraction of sp³-hybridized carbons (Fsp3) is 0.600. The van der Waals surface area contributed by atoms with Gasteiger partial charge in [0.1, 0.15) is 5.82 Å². The van der Waals surface area contributed by atoms with Crippen molar-refractivity contribution >= 4 is 21.7 Å². The number of hydrogen-bond donors (Lipinski definition) is 1. The highest BCUT2D eigenvalue weighted by Crippen LogP contribution is 2.13. The molecule has 0 aliphatic heterocycles. The van der Waals surface area contributed by atoms with E-state index in [4.69, 9.17) is 0 Å². The molecule has 0 aliphatic carbocycles. The van der Waals surface area contributed by atoms with Gasteiger partial charge in [0.05, 0.1) is 5.69 Å². The van der Waals surface area contributed by atoms with E-state index in [1.54, 1.807) is 12.4 Å². The molecule has 78 valence electrons. The van der Waals surface area contributed by atoms with E-state index in [0.717, 1.165) is 17.9 Å². The molecule has 0 bridgehead atoms. The predicted octanol–water partition coefficient (Wildman–Crippen LogP) is 2.76. The lowest BCUT2D eigenvalue weighted by Gasteiger charge is -2.16. The first kappa shape index (κ1) is 11.4. The highest BCUT2D eigenvalue weighted by molar-refractivity contribution is 9.09. The summed E-state index contributed by atoms with van der Waals surface area (Å²) in [5.41, 5.74) is 0.946. The summed E-state index contributed by atoms with van der Waals surface area (Å²) in [7, 11) is 0. The van der Waals surface area contributed by atoms with Gasteiger partial charge in [-0.3, -0.25) is 4.98 Å². The van der Waals surface area contributed by atoms with E-state index in [1.165, 1.54) is 0 Å². The molecule has 0 radical (unpaired) electrons. The van der Waals surface area contributed by atoms with E-state index in [9.17, 15) is 0 Å². The van der Waals surface area contributed by atoms with Gasteiger partial charge in [-0.05, 0) is 20.3 Å². The predicted molar refractivity (Wildman–Crippen MR) is 62.9 cm³/mol. The monoisotopic (exact) mass is 257 g/mol. The Hall–Kier alpha value is -0.640. The molecule has 4 heteroatoms. The molecule has 0 saturated heterocycles. The number of nitrogens with one attached hydrogen (secondary N) is 1. The summed E-state index contributed by atoms with van der Waals surface area (Å²) < 4.78 is 0. The Morgan fingerprint density at radius 1 is 1.36 bits per heavy atom. The Morgan fingerprint density at radius 2 is 2.00 bits per heavy atom. The number of aryl methyl sites for hydroxylation is 1. The molecule has 0 amide bonds. The molecular formula is C10H16BrN3. The van der Waals surface area contributed by atoms with E-state index in [2.05, 4.69) is 45.1 Å². The summed E-state index contributed by atoms with van der Waals surface area (Å²) >= 11 is 3.53. The molecular weight excluding hydrogens is 242 g/mol. The van der Waals surface area contributed by atoms with Crippen LogP contribution in [-0.2, 0) is 0 Å². The first-order chi connectivity index (χ1) is 6.59. The molecule has 2 unspecified atom stereocenters. The van der Waals surface area contributed by atoms with Crippen LogP contribution in [-0.4, -0.2) is 20.8 Å². The molecule has 14 heavy (non-hydrogen) atoms. The maximum Gasteiger partial charge on any atom is 0.147 e. The number of halogens is 1. The first-order valence-electron chi connectivity index (χ1n) is 4.78. The number of alkyl halides is 1. The van der Waals surface area contributed by atoms with Crippen molar-refractivity contribution < 1.29 is 0 Å². The third-order valence-electron chi connectivity index (χ3n) is 1.94. The second-order valence-electron chi connectivity index (χ2n) is 3.55. The summed E-state index contributed by atoms with van der Waals surface area (Å²) in [6.07, 6.45) is 4.48. The zero-order valence-electron chi connectivity index (χ0n) is 8.79. The largest absolute Gasteiger partial charge is 0.366 e. The minimum Gasteiger partial charge on any atom is -0.366 e. The van der Waals surface area contributed by atoms with Crippen molar-refractivity contribution in [3.05, 3.63) is 18.1 Å². The summed E-state index contributed by atoms with van der Waals surface area (Å²) in [4.78, 5) is 8.93. The van der Waals surface area contributed by atoms with Gasteiger partial charge in [-0.1, -0.05) is 22.9 Å². The van der Waals surface area contributed by atoms with Crippen molar-refractivity contribution in [1.82, 2.24) is 9.97 Å². The Morgan fingerprint density at radius 3 is 2.57 bits per heavy atom. The SMILES string of the molecule is Cc1nccnc1NC(C)CC(C)Br. The van der Waals surface area contributed by atoms with Gasteiger partial charge in [-0.2, -0.15) is 0 Å². The normalized spacial score (nSPS) is 14.9. The highest BCUT2D eigenvalue weighted by atomic mass is 79.9. The fourth-order valence-electron chi connectivity index (χ4n) is 1.33. The van der Waals surface area contributed by atoms with Crippen molar-refractivity contribution in [3.63, 3.8) is 0 Å². The minimum absolute atomic E-state index is 0.403. The van der Waals surface area contributed by atoms with Crippen LogP contribution in [0.25, 0.3) is 0 Å². The van der Waals surface area contributed by atoms with E-state index in [1.807, 2.05) is 6.92 Å². The molecule has 1 N–H and O–H groups in total. The Balaban J connectivity index is 2.56. The van der Waals surface area contributed by atoms with Crippen molar-refractivity contribution in [2.75, 3.05) is 5.32 Å². The molecule has 3 nitrogen and oxygen atoms in total. The van der Waals surface area contributed by atoms with Crippen LogP contribution in [0.2, 0.25) is 0 Å². The van der Waals surface area contributed by atoms with Crippen molar-refractivity contribution in [2.45, 2.75) is 38.1 Å². The van der Waals surface area contributed by atoms with Crippen LogP contribution < -0.4 is 5.32 Å². The third-order valence-corrected chi connectivity index (χ3v) is 2.32. The second kappa shape index (κ2) is 5.29. The zero-order valence-corrected chi connectivity index (χ0v) is 10.4. The van der Waals surface area contributed by atoms with Crippen LogP contribution in [0.15, 0.2) is 12.4 Å². The standard InChI is InChI=1S/C10H16BrN3/c1-7(11)6-8(2)14-10-9(3)12-4-5-13-10/h4-5,7-8H,6H2,1-3H3,(H,13,14). The number of rotatable bonds is 4. The van der Waals surface area contributed by atoms with Crippen LogP contribution in [0, 0.1) is 6.92 Å². The molecule has 0 fully saturated rings. The minimum atomic E-state index is 0.403. The lowest BCUT2D eigenvalue weighted by atomic mass is 10.2. The maximum absolute atomic E-state index is 4.24. The summed E-state index contributed by atoms with van der Waals surface area (Å²) in [5, 5.41) is 3.34. The van der Waals surface area contributed by atoms with E-state index in [0.29, 0.717) is 10.9 Å². The van der Waals surface area contributed by atoms with Crippen molar-refractivity contribution in [2.24, 2.45) is 0 Å². The number of hydrogen-bond acceptors (Lipinski definition) is 3. The molecule has 1 aromatic heterocycles. The molecule has 2 atom stereocenters. The van der Waals surface area contributed by atoms with Crippen LogP contribution in [0.5, 0.6) is 0 Å². The smallest absolute Gasteiger partial charge is 0.147 e. The Kier molecular flexibility index (Phi) is 4.32. The lowest BCUT2D eigenvalue weighted by Crippen LogP contribution is -2.19. The van der Waals surface area contributed by atoms with Gasteiger partial charge in [-0.25, -0.2) is 4.98 Å². The molecule has 0 aliphatic rings. The number of anilines is 1. The number of aromatic nitrogens is 2. The van der Waals surface area contributed by atoms with Crippen LogP contribution >= 0.6 is 15.9 Å². The van der Waals surface area contributed by atoms with E-state index in [-0.39, 0.29) is 0 Å². The van der Waals surface area contributed by atoms with E-state index >= 15 is 0 Å². The molecule has 1 aromatic rings. The van der Waals surface area contributed by atoms with Crippen molar-refractivity contribution in [1.29, 1.82) is 0 Å². The van der Waals surface area contributed by atoms with Gasteiger partial charge in [0.2, 0.25) is 0 Å². The second-order valence-corrected chi connectivity index (χ2v) is 5.12. The van der Waals surface area contributed by atoms with Crippen LogP contribution in [0.4, 0.5) is 5.82 Å². The highest BCUT2D eigenvalue weighted by Gasteiger charge is 2.07. The van der Waals surface area contributed by atoms with Gasteiger partial charge in [0.15, 0.2) is 0 Å². The number of nitrogens with zero attached hydrogens (tertiary/aromatic N) is 2. The quantitative estimate of drug-likeness (QED) is 0.844. The zero-order chi connectivity index (χ0) is 10.6. The van der Waals surface area contributed by atoms with Gasteiger partial charge in [0.25, 0.3) is 0 Å². The molecule has 0 spiro atoms. The Bertz CT molecular complexity index is 288. The van der Waals surface area contributed by atoms with Crippen molar-refractivity contribution in [3.8, 4) is 0 Å². The van der Waals surface area contributed by atoms with Crippen LogP contribution in [0.1, 0.15) is 26.0 Å². The summed E-state index contributed by atoms with van der Waals surface area (Å²) in [5.74, 6) is 0.883. The molecule has 1 heterocycles. The molecule has 1 rings (SSSR count). The topological polar surface area (TPSA) is 37.8 Å². The average molecular weight is 258 g/mol. The first-order valence-corrected chi connectivity index (χ1v) is 5.69. The van der Waals surface area contributed by atoms with Crippen LogP contribution in [0.3, 0.4) is 0 Å².